The predicted octanol–water partition coefficient (Wildman–Crippen LogP) is 4.73. The Hall–Kier alpha value is -2.44. The zero-order valence-corrected chi connectivity index (χ0v) is 15.4. The summed E-state index contributed by atoms with van der Waals surface area (Å²) >= 11 is 7.24. The van der Waals surface area contributed by atoms with E-state index in [-0.39, 0.29) is 12.3 Å². The SMILES string of the molecule is Cc1ccc(C)c(NC(=O)Cc2csc(Nc3ccc(Cl)cn3)n2)c1. The second-order valence-electron chi connectivity index (χ2n) is 5.67. The summed E-state index contributed by atoms with van der Waals surface area (Å²) in [4.78, 5) is 20.8. The highest BCUT2D eigenvalue weighted by Crippen LogP contribution is 2.21. The molecule has 0 fully saturated rings. The van der Waals surface area contributed by atoms with E-state index in [0.29, 0.717) is 21.7 Å². The van der Waals surface area contributed by atoms with E-state index in [1.807, 2.05) is 37.4 Å². The maximum Gasteiger partial charge on any atom is 0.230 e. The van der Waals surface area contributed by atoms with Crippen LogP contribution in [0, 0.1) is 13.8 Å². The van der Waals surface area contributed by atoms with Gasteiger partial charge in [-0.05, 0) is 43.2 Å². The van der Waals surface area contributed by atoms with Crippen LogP contribution in [-0.2, 0) is 11.2 Å². The molecule has 0 aliphatic heterocycles. The van der Waals surface area contributed by atoms with Crippen molar-refractivity contribution < 1.29 is 4.79 Å². The Balaban J connectivity index is 1.61. The lowest BCUT2D eigenvalue weighted by Crippen LogP contribution is -2.15. The normalized spacial score (nSPS) is 10.5. The number of nitrogens with zero attached hydrogens (tertiary/aromatic N) is 2. The van der Waals surface area contributed by atoms with Crippen LogP contribution in [0.15, 0.2) is 41.9 Å². The Kier molecular flexibility index (Phi) is 5.31. The molecule has 2 aromatic heterocycles. The minimum absolute atomic E-state index is 0.0878. The van der Waals surface area contributed by atoms with E-state index in [9.17, 15) is 4.79 Å². The highest BCUT2D eigenvalue weighted by Gasteiger charge is 2.10. The van der Waals surface area contributed by atoms with Gasteiger partial charge in [0.2, 0.25) is 5.91 Å². The van der Waals surface area contributed by atoms with Crippen molar-refractivity contribution in [3.8, 4) is 0 Å². The molecule has 0 aliphatic carbocycles. The number of carbonyl (C=O) groups excluding carboxylic acids is 1. The van der Waals surface area contributed by atoms with Crippen LogP contribution in [0.5, 0.6) is 0 Å². The monoisotopic (exact) mass is 372 g/mol. The third-order valence-electron chi connectivity index (χ3n) is 3.52. The molecular formula is C18H17ClN4OS. The van der Waals surface area contributed by atoms with E-state index >= 15 is 0 Å². The molecule has 2 N–H and O–H groups in total. The van der Waals surface area contributed by atoms with Gasteiger partial charge in [-0.1, -0.05) is 23.7 Å². The van der Waals surface area contributed by atoms with Crippen LogP contribution in [0.1, 0.15) is 16.8 Å². The van der Waals surface area contributed by atoms with Crippen molar-refractivity contribution in [2.24, 2.45) is 0 Å². The quantitative estimate of drug-likeness (QED) is 0.679. The first-order chi connectivity index (χ1) is 12.0. The zero-order valence-electron chi connectivity index (χ0n) is 13.8. The molecule has 3 rings (SSSR count). The molecule has 0 radical (unpaired) electrons. The summed E-state index contributed by atoms with van der Waals surface area (Å²) in [7, 11) is 0. The second-order valence-corrected chi connectivity index (χ2v) is 6.97. The lowest BCUT2D eigenvalue weighted by atomic mass is 10.1. The van der Waals surface area contributed by atoms with E-state index in [2.05, 4.69) is 20.6 Å². The number of aromatic nitrogens is 2. The predicted molar refractivity (Wildman–Crippen MR) is 103 cm³/mol. The number of thiazole rings is 1. The number of nitrogens with one attached hydrogen (secondary N) is 2. The Morgan fingerprint density at radius 3 is 2.84 bits per heavy atom. The van der Waals surface area contributed by atoms with Crippen molar-refractivity contribution in [2.75, 3.05) is 10.6 Å². The number of rotatable bonds is 5. The summed E-state index contributed by atoms with van der Waals surface area (Å²) in [6, 6.07) is 9.51. The number of halogens is 1. The van der Waals surface area contributed by atoms with Gasteiger partial charge in [0.1, 0.15) is 5.82 Å². The Labute approximate surface area is 155 Å². The molecule has 7 heteroatoms. The average molecular weight is 373 g/mol. The van der Waals surface area contributed by atoms with Crippen LogP contribution in [0.2, 0.25) is 5.02 Å². The molecule has 25 heavy (non-hydrogen) atoms. The summed E-state index contributed by atoms with van der Waals surface area (Å²) in [6.45, 7) is 3.97. The van der Waals surface area contributed by atoms with Crippen LogP contribution in [0.4, 0.5) is 16.6 Å². The molecule has 128 valence electrons. The maximum absolute atomic E-state index is 12.3. The first-order valence-corrected chi connectivity index (χ1v) is 8.95. The van der Waals surface area contributed by atoms with Crippen molar-refractivity contribution in [1.82, 2.24) is 9.97 Å². The molecule has 5 nitrogen and oxygen atoms in total. The molecule has 3 aromatic rings. The van der Waals surface area contributed by atoms with Crippen molar-refractivity contribution >= 4 is 45.5 Å². The number of anilines is 3. The van der Waals surface area contributed by atoms with Crippen molar-refractivity contribution in [1.29, 1.82) is 0 Å². The summed E-state index contributed by atoms with van der Waals surface area (Å²) in [5, 5.41) is 9.16. The molecule has 1 aromatic carbocycles. The van der Waals surface area contributed by atoms with Gasteiger partial charge in [0.05, 0.1) is 17.1 Å². The molecule has 1 amide bonds. The van der Waals surface area contributed by atoms with E-state index in [0.717, 1.165) is 16.8 Å². The molecule has 0 saturated heterocycles. The Bertz CT molecular complexity index is 892. The van der Waals surface area contributed by atoms with Gasteiger partial charge < -0.3 is 10.6 Å². The number of carbonyl (C=O) groups is 1. The maximum atomic E-state index is 12.3. The first-order valence-electron chi connectivity index (χ1n) is 7.70. The van der Waals surface area contributed by atoms with E-state index < -0.39 is 0 Å². The minimum Gasteiger partial charge on any atom is -0.325 e. The molecule has 0 bridgehead atoms. The van der Waals surface area contributed by atoms with Crippen LogP contribution >= 0.6 is 22.9 Å². The zero-order chi connectivity index (χ0) is 17.8. The number of benzene rings is 1. The van der Waals surface area contributed by atoms with Crippen molar-refractivity contribution in [2.45, 2.75) is 20.3 Å². The fourth-order valence-corrected chi connectivity index (χ4v) is 3.06. The molecular weight excluding hydrogens is 356 g/mol. The van der Waals surface area contributed by atoms with E-state index in [4.69, 9.17) is 11.6 Å². The van der Waals surface area contributed by atoms with E-state index in [1.165, 1.54) is 11.3 Å². The number of hydrogen-bond acceptors (Lipinski definition) is 5. The summed E-state index contributed by atoms with van der Waals surface area (Å²) in [5.41, 5.74) is 3.69. The van der Waals surface area contributed by atoms with Gasteiger partial charge in [0, 0.05) is 17.3 Å². The number of aryl methyl sites for hydroxylation is 2. The van der Waals surface area contributed by atoms with Gasteiger partial charge in [0.25, 0.3) is 0 Å². The largest absolute Gasteiger partial charge is 0.325 e. The minimum atomic E-state index is -0.0878. The highest BCUT2D eigenvalue weighted by molar-refractivity contribution is 7.13. The fourth-order valence-electron chi connectivity index (χ4n) is 2.23. The van der Waals surface area contributed by atoms with Gasteiger partial charge in [-0.25, -0.2) is 9.97 Å². The van der Waals surface area contributed by atoms with Gasteiger partial charge in [0.15, 0.2) is 5.13 Å². The second kappa shape index (κ2) is 7.63. The molecule has 0 saturated carbocycles. The molecule has 0 spiro atoms. The first kappa shape index (κ1) is 17.4. The van der Waals surface area contributed by atoms with Crippen molar-refractivity contribution in [3.63, 3.8) is 0 Å². The van der Waals surface area contributed by atoms with Crippen LogP contribution < -0.4 is 10.6 Å². The van der Waals surface area contributed by atoms with Crippen LogP contribution in [-0.4, -0.2) is 15.9 Å². The molecule has 0 atom stereocenters. The van der Waals surface area contributed by atoms with Gasteiger partial charge in [-0.15, -0.1) is 11.3 Å². The third kappa shape index (κ3) is 4.78. The van der Waals surface area contributed by atoms with Gasteiger partial charge in [-0.3, -0.25) is 4.79 Å². The van der Waals surface area contributed by atoms with Crippen molar-refractivity contribution in [3.05, 3.63) is 63.8 Å². The lowest BCUT2D eigenvalue weighted by molar-refractivity contribution is -0.115. The van der Waals surface area contributed by atoms with Crippen LogP contribution in [0.3, 0.4) is 0 Å². The summed E-state index contributed by atoms with van der Waals surface area (Å²) in [6.07, 6.45) is 1.79. The lowest BCUT2D eigenvalue weighted by Gasteiger charge is -2.08. The molecule has 0 unspecified atom stereocenters. The standard InChI is InChI=1S/C18H17ClN4OS/c1-11-3-4-12(2)15(7-11)22-17(24)8-14-10-25-18(21-14)23-16-6-5-13(19)9-20-16/h3-7,9-10H,8H2,1-2H3,(H,22,24)(H,20,21,23). The highest BCUT2D eigenvalue weighted by atomic mass is 35.5. The fraction of sp³-hybridized carbons (Fsp3) is 0.167. The number of amides is 1. The average Bonchev–Trinajstić information content (AvgIpc) is 3.00. The van der Waals surface area contributed by atoms with Crippen LogP contribution in [0.25, 0.3) is 0 Å². The molecule has 2 heterocycles. The number of pyridine rings is 1. The Morgan fingerprint density at radius 2 is 2.08 bits per heavy atom. The Morgan fingerprint density at radius 1 is 1.24 bits per heavy atom. The number of hydrogen-bond donors (Lipinski definition) is 2. The van der Waals surface area contributed by atoms with Gasteiger partial charge >= 0.3 is 0 Å². The third-order valence-corrected chi connectivity index (χ3v) is 4.55. The summed E-state index contributed by atoms with van der Waals surface area (Å²) in [5.74, 6) is 0.570. The topological polar surface area (TPSA) is 66.9 Å². The van der Waals surface area contributed by atoms with E-state index in [1.54, 1.807) is 18.3 Å². The smallest absolute Gasteiger partial charge is 0.230 e. The molecule has 0 aliphatic rings. The summed E-state index contributed by atoms with van der Waals surface area (Å²) < 4.78 is 0. The van der Waals surface area contributed by atoms with Gasteiger partial charge in [-0.2, -0.15) is 0 Å².